The molecular formula is C13H10O4-2. The first kappa shape index (κ1) is 10.3. The van der Waals surface area contributed by atoms with E-state index in [9.17, 15) is 19.8 Å². The maximum atomic E-state index is 11.0. The number of carbonyl (C=O) groups is 2. The Morgan fingerprint density at radius 1 is 0.941 bits per heavy atom. The first-order chi connectivity index (χ1) is 8.11. The fourth-order valence-corrected chi connectivity index (χ4v) is 3.40. The lowest BCUT2D eigenvalue weighted by Gasteiger charge is -2.40. The van der Waals surface area contributed by atoms with Gasteiger partial charge in [-0.05, 0) is 29.4 Å². The number of aliphatic carboxylic acids is 2. The number of carboxylic acid groups (broad SMARTS) is 2. The molecule has 1 saturated carbocycles. The van der Waals surface area contributed by atoms with Crippen LogP contribution in [0.5, 0.6) is 0 Å². The van der Waals surface area contributed by atoms with Crippen molar-refractivity contribution in [1.82, 2.24) is 0 Å². The molecule has 0 aliphatic heterocycles. The second-order valence-electron chi connectivity index (χ2n) is 4.77. The summed E-state index contributed by atoms with van der Waals surface area (Å²) in [6.07, 6.45) is 0.120. The second kappa shape index (κ2) is 3.32. The van der Waals surface area contributed by atoms with Gasteiger partial charge in [0.1, 0.15) is 0 Å². The maximum absolute atomic E-state index is 11.0. The summed E-state index contributed by atoms with van der Waals surface area (Å²) in [5.41, 5.74) is 1.91. The minimum atomic E-state index is -1.15. The van der Waals surface area contributed by atoms with Crippen LogP contribution in [0.15, 0.2) is 24.3 Å². The van der Waals surface area contributed by atoms with Gasteiger partial charge in [-0.1, -0.05) is 24.3 Å². The van der Waals surface area contributed by atoms with E-state index < -0.39 is 23.8 Å². The van der Waals surface area contributed by atoms with Crippen LogP contribution in [-0.4, -0.2) is 11.9 Å². The van der Waals surface area contributed by atoms with Gasteiger partial charge >= 0.3 is 0 Å². The molecule has 0 unspecified atom stereocenters. The smallest absolute Gasteiger partial charge is 0.0451 e. The average molecular weight is 230 g/mol. The Balaban J connectivity index is 2.05. The molecule has 0 radical (unpaired) electrons. The first-order valence-electron chi connectivity index (χ1n) is 5.62. The van der Waals surface area contributed by atoms with E-state index in [1.54, 1.807) is 0 Å². The molecule has 88 valence electrons. The Bertz CT molecular complexity index is 463. The Kier molecular flexibility index (Phi) is 2.02. The standard InChI is InChI=1S/C13H12O4/c14-12(15)8-5-9(13(16)17)11-7-4-2-1-3-6(7)10(8)11/h1-4,8-11H,5H2,(H,14,15)(H,16,17)/p-2/t8-,9+,10-,11-/m0/s1. The molecule has 0 spiro atoms. The molecule has 0 bridgehead atoms. The Labute approximate surface area is 97.9 Å². The predicted molar refractivity (Wildman–Crippen MR) is 53.5 cm³/mol. The zero-order valence-corrected chi connectivity index (χ0v) is 8.96. The number of benzene rings is 1. The van der Waals surface area contributed by atoms with Crippen LogP contribution in [0, 0.1) is 11.8 Å². The van der Waals surface area contributed by atoms with Crippen molar-refractivity contribution in [1.29, 1.82) is 0 Å². The van der Waals surface area contributed by atoms with E-state index in [-0.39, 0.29) is 18.3 Å². The van der Waals surface area contributed by atoms with E-state index in [1.807, 2.05) is 24.3 Å². The lowest BCUT2D eigenvalue weighted by atomic mass is 9.65. The third-order valence-corrected chi connectivity index (χ3v) is 4.08. The molecular weight excluding hydrogens is 220 g/mol. The van der Waals surface area contributed by atoms with Crippen LogP contribution in [0.1, 0.15) is 29.4 Å². The molecule has 2 aliphatic carbocycles. The SMILES string of the molecule is O=C([O-])[C@H]1C[C@@H](C(=O)[O-])[C@@H]2c3ccccc3[C@H]21. The Morgan fingerprint density at radius 3 is 1.71 bits per heavy atom. The largest absolute Gasteiger partial charge is 0.550 e. The molecule has 0 heterocycles. The monoisotopic (exact) mass is 230 g/mol. The highest BCUT2D eigenvalue weighted by Crippen LogP contribution is 2.61. The summed E-state index contributed by atoms with van der Waals surface area (Å²) >= 11 is 0. The molecule has 0 amide bonds. The van der Waals surface area contributed by atoms with Gasteiger partial charge in [-0.2, -0.15) is 0 Å². The molecule has 0 N–H and O–H groups in total. The molecule has 2 aliphatic rings. The van der Waals surface area contributed by atoms with Crippen molar-refractivity contribution in [3.63, 3.8) is 0 Å². The summed E-state index contributed by atoms with van der Waals surface area (Å²) in [6.45, 7) is 0. The molecule has 1 aromatic rings. The highest BCUT2D eigenvalue weighted by Gasteiger charge is 2.52. The predicted octanol–water partition coefficient (Wildman–Crippen LogP) is -0.997. The first-order valence-corrected chi connectivity index (χ1v) is 5.62. The fourth-order valence-electron chi connectivity index (χ4n) is 3.40. The van der Waals surface area contributed by atoms with E-state index >= 15 is 0 Å². The van der Waals surface area contributed by atoms with Crippen molar-refractivity contribution >= 4 is 11.9 Å². The summed E-state index contributed by atoms with van der Waals surface area (Å²) in [7, 11) is 0. The number of carboxylic acids is 2. The van der Waals surface area contributed by atoms with Crippen LogP contribution in [0.3, 0.4) is 0 Å². The van der Waals surface area contributed by atoms with Crippen molar-refractivity contribution in [2.75, 3.05) is 0 Å². The molecule has 3 rings (SSSR count). The van der Waals surface area contributed by atoms with Gasteiger partial charge in [0.25, 0.3) is 0 Å². The quantitative estimate of drug-likeness (QED) is 0.653. The van der Waals surface area contributed by atoms with Gasteiger partial charge in [-0.25, -0.2) is 0 Å². The van der Waals surface area contributed by atoms with E-state index in [2.05, 4.69) is 0 Å². The van der Waals surface area contributed by atoms with E-state index in [0.29, 0.717) is 0 Å². The van der Waals surface area contributed by atoms with Gasteiger partial charge in [-0.15, -0.1) is 0 Å². The lowest BCUT2D eigenvalue weighted by molar-refractivity contribution is -0.313. The van der Waals surface area contributed by atoms with E-state index in [0.717, 1.165) is 11.1 Å². The normalized spacial score (nSPS) is 33.4. The number of hydrogen-bond donors (Lipinski definition) is 0. The molecule has 1 fully saturated rings. The van der Waals surface area contributed by atoms with Gasteiger partial charge in [0.05, 0.1) is 0 Å². The third-order valence-electron chi connectivity index (χ3n) is 4.08. The Morgan fingerprint density at radius 2 is 1.35 bits per heavy atom. The minimum Gasteiger partial charge on any atom is -0.550 e. The molecule has 4 heteroatoms. The minimum absolute atomic E-state index is 0.120. The summed E-state index contributed by atoms with van der Waals surface area (Å²) < 4.78 is 0. The van der Waals surface area contributed by atoms with Crippen LogP contribution in [-0.2, 0) is 9.59 Å². The van der Waals surface area contributed by atoms with Gasteiger partial charge < -0.3 is 19.8 Å². The molecule has 4 atom stereocenters. The van der Waals surface area contributed by atoms with Gasteiger partial charge in [0, 0.05) is 23.8 Å². The van der Waals surface area contributed by atoms with Crippen LogP contribution in [0.25, 0.3) is 0 Å². The summed E-state index contributed by atoms with van der Waals surface area (Å²) in [4.78, 5) is 22.1. The molecule has 0 aromatic heterocycles. The van der Waals surface area contributed by atoms with Gasteiger partial charge in [-0.3, -0.25) is 0 Å². The number of carbonyl (C=O) groups excluding carboxylic acids is 2. The van der Waals surface area contributed by atoms with Crippen LogP contribution >= 0.6 is 0 Å². The van der Waals surface area contributed by atoms with Gasteiger partial charge in [0.2, 0.25) is 0 Å². The van der Waals surface area contributed by atoms with Crippen molar-refractivity contribution in [3.8, 4) is 0 Å². The fraction of sp³-hybridized carbons (Fsp3) is 0.385. The highest BCUT2D eigenvalue weighted by atomic mass is 16.4. The summed E-state index contributed by atoms with van der Waals surface area (Å²) in [6, 6.07) is 7.41. The lowest BCUT2D eigenvalue weighted by Crippen LogP contribution is -2.38. The number of rotatable bonds is 2. The zero-order chi connectivity index (χ0) is 12.2. The van der Waals surface area contributed by atoms with Crippen molar-refractivity contribution in [2.24, 2.45) is 11.8 Å². The van der Waals surface area contributed by atoms with Crippen molar-refractivity contribution in [2.45, 2.75) is 18.3 Å². The molecule has 1 aromatic carbocycles. The summed E-state index contributed by atoms with van der Waals surface area (Å²) in [5.74, 6) is -4.12. The average Bonchev–Trinajstić information content (AvgIpc) is 2.61. The highest BCUT2D eigenvalue weighted by molar-refractivity contribution is 5.78. The maximum Gasteiger partial charge on any atom is 0.0451 e. The molecule has 4 nitrogen and oxygen atoms in total. The Hall–Kier alpha value is -1.84. The molecule has 17 heavy (non-hydrogen) atoms. The van der Waals surface area contributed by atoms with Crippen molar-refractivity contribution < 1.29 is 19.8 Å². The summed E-state index contributed by atoms with van der Waals surface area (Å²) in [5, 5.41) is 22.1. The van der Waals surface area contributed by atoms with Crippen LogP contribution < -0.4 is 10.2 Å². The zero-order valence-electron chi connectivity index (χ0n) is 8.96. The van der Waals surface area contributed by atoms with Crippen LogP contribution in [0.4, 0.5) is 0 Å². The third kappa shape index (κ3) is 1.24. The van der Waals surface area contributed by atoms with Crippen molar-refractivity contribution in [3.05, 3.63) is 35.4 Å². The van der Waals surface area contributed by atoms with E-state index in [4.69, 9.17) is 0 Å². The van der Waals surface area contributed by atoms with Gasteiger partial charge in [0.15, 0.2) is 0 Å². The van der Waals surface area contributed by atoms with Crippen LogP contribution in [0.2, 0.25) is 0 Å². The topological polar surface area (TPSA) is 80.3 Å². The molecule has 0 saturated heterocycles. The second-order valence-corrected chi connectivity index (χ2v) is 4.77. The van der Waals surface area contributed by atoms with E-state index in [1.165, 1.54) is 0 Å². The number of hydrogen-bond acceptors (Lipinski definition) is 4. The number of fused-ring (bicyclic) bond motifs is 4.